The van der Waals surface area contributed by atoms with Gasteiger partial charge in [0.2, 0.25) is 0 Å². The second-order valence-corrected chi connectivity index (χ2v) is 3.61. The maximum atomic E-state index is 13.4. The molecule has 1 saturated heterocycles. The number of hydrogen-bond donors (Lipinski definition) is 2. The molecule has 4 atom stereocenters. The van der Waals surface area contributed by atoms with Crippen molar-refractivity contribution in [3.8, 4) is 0 Å². The average Bonchev–Trinajstić information content (AvgIpc) is 2.54. The zero-order chi connectivity index (χ0) is 13.0. The number of aliphatic hydroxyl groups is 1. The molecule has 1 heterocycles. The third-order valence-electron chi connectivity index (χ3n) is 2.32. The molecule has 0 aromatic carbocycles. The van der Waals surface area contributed by atoms with Crippen molar-refractivity contribution >= 4 is 19.8 Å². The van der Waals surface area contributed by atoms with Crippen molar-refractivity contribution in [1.29, 1.82) is 0 Å². The van der Waals surface area contributed by atoms with Crippen LogP contribution >= 0.6 is 0 Å². The van der Waals surface area contributed by atoms with Gasteiger partial charge >= 0.3 is 11.9 Å². The summed E-state index contributed by atoms with van der Waals surface area (Å²) < 4.78 is 22.9. The highest BCUT2D eigenvalue weighted by Crippen LogP contribution is 2.25. The van der Waals surface area contributed by atoms with Gasteiger partial charge in [0.15, 0.2) is 12.3 Å². The molecule has 0 amide bonds. The summed E-state index contributed by atoms with van der Waals surface area (Å²) in [5, 5.41) is 17.2. The highest BCUT2D eigenvalue weighted by Gasteiger charge is 2.44. The number of halogens is 1. The summed E-state index contributed by atoms with van der Waals surface area (Å²) in [5.41, 5.74) is 0. The first-order valence-corrected chi connectivity index (χ1v) is 5.03. The van der Waals surface area contributed by atoms with Crippen LogP contribution in [0, 0.1) is 0 Å². The van der Waals surface area contributed by atoms with Crippen molar-refractivity contribution in [1.82, 2.24) is 0 Å². The van der Waals surface area contributed by atoms with E-state index in [1.165, 1.54) is 0 Å². The Labute approximate surface area is 98.1 Å². The third kappa shape index (κ3) is 3.67. The highest BCUT2D eigenvalue weighted by molar-refractivity contribution is 6.11. The van der Waals surface area contributed by atoms with E-state index in [-0.39, 0.29) is 6.42 Å². The molecule has 0 aromatic heterocycles. The molecule has 0 spiro atoms. The molecule has 2 radical (unpaired) electrons. The van der Waals surface area contributed by atoms with Crippen LogP contribution in [0.5, 0.6) is 0 Å². The van der Waals surface area contributed by atoms with E-state index >= 15 is 0 Å². The van der Waals surface area contributed by atoms with Crippen LogP contribution < -0.4 is 0 Å². The molecule has 0 aliphatic carbocycles. The Morgan fingerprint density at radius 3 is 2.59 bits per heavy atom. The summed E-state index contributed by atoms with van der Waals surface area (Å²) in [5.74, 6) is -2.02. The minimum Gasteiger partial charge on any atom is -0.481 e. The normalized spacial score (nSPS) is 32.4. The minimum absolute atomic E-state index is 0.369. The van der Waals surface area contributed by atoms with Gasteiger partial charge in [0, 0.05) is 0 Å². The van der Waals surface area contributed by atoms with Gasteiger partial charge in [-0.25, -0.2) is 4.39 Å². The van der Waals surface area contributed by atoms with E-state index in [9.17, 15) is 14.0 Å². The number of carboxylic acids is 1. The molecule has 94 valence electrons. The van der Waals surface area contributed by atoms with Crippen LogP contribution in [0.1, 0.15) is 12.8 Å². The van der Waals surface area contributed by atoms with E-state index in [0.29, 0.717) is 0 Å². The Morgan fingerprint density at radius 2 is 2.06 bits per heavy atom. The predicted molar refractivity (Wildman–Crippen MR) is 53.1 cm³/mol. The second kappa shape index (κ2) is 5.97. The van der Waals surface area contributed by atoms with Crippen LogP contribution in [0.15, 0.2) is 0 Å². The van der Waals surface area contributed by atoms with E-state index in [2.05, 4.69) is 0 Å². The standard InChI is InChI=1S/C9H12BFO6/c10-9-7(11)8(4(3-12)16-9)17-6(15)2-1-5(13)14/h4,7-9,12H,1-3H2,(H,13,14)/t4-,7?,8?,9-/m1/s1. The van der Waals surface area contributed by atoms with Gasteiger partial charge in [0.25, 0.3) is 0 Å². The summed E-state index contributed by atoms with van der Waals surface area (Å²) >= 11 is 0. The van der Waals surface area contributed by atoms with Crippen molar-refractivity contribution in [2.45, 2.75) is 37.2 Å². The van der Waals surface area contributed by atoms with Crippen molar-refractivity contribution in [2.24, 2.45) is 0 Å². The van der Waals surface area contributed by atoms with Crippen LogP contribution in [0.25, 0.3) is 0 Å². The fourth-order valence-electron chi connectivity index (χ4n) is 1.45. The van der Waals surface area contributed by atoms with Crippen LogP contribution in [-0.4, -0.2) is 61.0 Å². The van der Waals surface area contributed by atoms with E-state index < -0.39 is 49.3 Å². The highest BCUT2D eigenvalue weighted by atomic mass is 19.1. The lowest BCUT2D eigenvalue weighted by Crippen LogP contribution is -2.36. The molecule has 2 unspecified atom stereocenters. The monoisotopic (exact) mass is 246 g/mol. The molecule has 17 heavy (non-hydrogen) atoms. The van der Waals surface area contributed by atoms with Crippen LogP contribution in [0.2, 0.25) is 0 Å². The van der Waals surface area contributed by atoms with E-state index in [1.54, 1.807) is 0 Å². The SMILES string of the molecule is [B][C@@H]1O[C@H](CO)C(OC(=O)CCC(=O)O)C1F. The van der Waals surface area contributed by atoms with Crippen LogP contribution in [0.3, 0.4) is 0 Å². The topological polar surface area (TPSA) is 93.1 Å². The molecule has 0 saturated carbocycles. The molecule has 1 aliphatic heterocycles. The fraction of sp³-hybridized carbons (Fsp3) is 0.778. The Kier molecular flexibility index (Phi) is 4.89. The second-order valence-electron chi connectivity index (χ2n) is 3.61. The van der Waals surface area contributed by atoms with Gasteiger partial charge in [-0.15, -0.1) is 0 Å². The van der Waals surface area contributed by atoms with E-state index in [1.807, 2.05) is 0 Å². The number of aliphatic carboxylic acids is 1. The number of carboxylic acid groups (broad SMARTS) is 1. The van der Waals surface area contributed by atoms with E-state index in [4.69, 9.17) is 27.5 Å². The van der Waals surface area contributed by atoms with Crippen molar-refractivity contribution in [2.75, 3.05) is 6.61 Å². The molecular formula is C9H12BFO6. The number of hydrogen-bond acceptors (Lipinski definition) is 5. The number of esters is 1. The first kappa shape index (κ1) is 13.9. The van der Waals surface area contributed by atoms with Gasteiger partial charge < -0.3 is 19.7 Å². The summed E-state index contributed by atoms with van der Waals surface area (Å²) in [6, 6.07) is -1.26. The number of ether oxygens (including phenoxy) is 2. The molecule has 8 heteroatoms. The first-order chi connectivity index (χ1) is 7.95. The number of rotatable bonds is 5. The first-order valence-electron chi connectivity index (χ1n) is 5.03. The lowest BCUT2D eigenvalue weighted by atomic mass is 9.94. The molecule has 2 N–H and O–H groups in total. The maximum Gasteiger partial charge on any atom is 0.306 e. The van der Waals surface area contributed by atoms with Gasteiger partial charge in [-0.1, -0.05) is 0 Å². The average molecular weight is 246 g/mol. The summed E-state index contributed by atoms with van der Waals surface area (Å²) in [7, 11) is 5.24. The molecule has 6 nitrogen and oxygen atoms in total. The van der Waals surface area contributed by atoms with Gasteiger partial charge in [-0.2, -0.15) is 0 Å². The van der Waals surface area contributed by atoms with Crippen LogP contribution in [0.4, 0.5) is 4.39 Å². The Hall–Kier alpha value is -1.15. The number of carbonyl (C=O) groups is 2. The Balaban J connectivity index is 2.48. The largest absolute Gasteiger partial charge is 0.481 e. The zero-order valence-electron chi connectivity index (χ0n) is 8.91. The van der Waals surface area contributed by atoms with E-state index in [0.717, 1.165) is 0 Å². The lowest BCUT2D eigenvalue weighted by molar-refractivity contribution is -0.157. The van der Waals surface area contributed by atoms with Gasteiger partial charge in [0.1, 0.15) is 14.0 Å². The molecule has 0 aromatic rings. The van der Waals surface area contributed by atoms with Crippen molar-refractivity contribution < 1.29 is 33.7 Å². The fourth-order valence-corrected chi connectivity index (χ4v) is 1.45. The smallest absolute Gasteiger partial charge is 0.306 e. The molecule has 1 fully saturated rings. The molecular weight excluding hydrogens is 234 g/mol. The van der Waals surface area contributed by atoms with Gasteiger partial charge in [-0.3, -0.25) is 9.59 Å². The Morgan fingerprint density at radius 1 is 1.41 bits per heavy atom. The number of carbonyl (C=O) groups excluding carboxylic acids is 1. The van der Waals surface area contributed by atoms with Gasteiger partial charge in [-0.05, 0) is 0 Å². The third-order valence-corrected chi connectivity index (χ3v) is 2.32. The van der Waals surface area contributed by atoms with Crippen molar-refractivity contribution in [3.05, 3.63) is 0 Å². The molecule has 0 bridgehead atoms. The summed E-state index contributed by atoms with van der Waals surface area (Å²) in [6.07, 6.45) is -4.82. The quantitative estimate of drug-likeness (QED) is 0.476. The number of alkyl halides is 1. The maximum absolute atomic E-state index is 13.4. The zero-order valence-corrected chi connectivity index (χ0v) is 8.91. The molecule has 1 rings (SSSR count). The molecule has 1 aliphatic rings. The summed E-state index contributed by atoms with van der Waals surface area (Å²) in [4.78, 5) is 21.4. The minimum atomic E-state index is -1.74. The van der Waals surface area contributed by atoms with Gasteiger partial charge in [0.05, 0.1) is 25.5 Å². The predicted octanol–water partition coefficient (Wildman–Crippen LogP) is -1.01. The Bertz CT molecular complexity index is 299. The van der Waals surface area contributed by atoms with Crippen LogP contribution in [-0.2, 0) is 19.1 Å². The summed E-state index contributed by atoms with van der Waals surface area (Å²) in [6.45, 7) is -0.537. The number of aliphatic hydroxyl groups excluding tert-OH is 1. The van der Waals surface area contributed by atoms with Crippen molar-refractivity contribution in [3.63, 3.8) is 0 Å². The lowest BCUT2D eigenvalue weighted by Gasteiger charge is -2.18.